The molecule has 7 heteroatoms. The molecule has 0 bridgehead atoms. The van der Waals surface area contributed by atoms with Crippen molar-refractivity contribution in [3.63, 3.8) is 0 Å². The first-order chi connectivity index (χ1) is 10.3. The highest BCUT2D eigenvalue weighted by molar-refractivity contribution is 7.91. The molecule has 2 rings (SSSR count). The molecule has 1 N–H and O–H groups in total. The normalized spacial score (nSPS) is 20.7. The van der Waals surface area contributed by atoms with Crippen LogP contribution in [0.3, 0.4) is 0 Å². The van der Waals surface area contributed by atoms with Crippen molar-refractivity contribution in [2.75, 3.05) is 18.1 Å². The van der Waals surface area contributed by atoms with E-state index in [1.54, 1.807) is 0 Å². The lowest BCUT2D eigenvalue weighted by Crippen LogP contribution is -2.29. The number of hydrogen-bond donors (Lipinski definition) is 1. The van der Waals surface area contributed by atoms with Crippen LogP contribution in [0.4, 0.5) is 0 Å². The van der Waals surface area contributed by atoms with E-state index in [9.17, 15) is 8.42 Å². The summed E-state index contributed by atoms with van der Waals surface area (Å²) in [7, 11) is -2.86. The van der Waals surface area contributed by atoms with Gasteiger partial charge in [-0.2, -0.15) is 5.10 Å². The van der Waals surface area contributed by atoms with Crippen LogP contribution in [0, 0.1) is 12.8 Å². The maximum atomic E-state index is 11.5. The Morgan fingerprint density at radius 1 is 1.45 bits per heavy atom. The second-order valence-corrected chi connectivity index (χ2v) is 8.59. The average Bonchev–Trinajstić information content (AvgIpc) is 2.88. The molecule has 1 atom stereocenters. The third kappa shape index (κ3) is 4.23. The molecule has 0 aromatic carbocycles. The first-order valence-corrected chi connectivity index (χ1v) is 9.77. The van der Waals surface area contributed by atoms with E-state index >= 15 is 0 Å². The molecule has 0 aliphatic carbocycles. The number of ether oxygens (including phenoxy) is 1. The molecule has 1 aliphatic rings. The van der Waals surface area contributed by atoms with E-state index in [1.165, 1.54) is 0 Å². The van der Waals surface area contributed by atoms with Gasteiger partial charge in [0.05, 0.1) is 29.4 Å². The summed E-state index contributed by atoms with van der Waals surface area (Å²) in [6.07, 6.45) is 0.686. The molecular weight excluding hydrogens is 302 g/mol. The lowest BCUT2D eigenvalue weighted by Gasteiger charge is -2.14. The van der Waals surface area contributed by atoms with Crippen molar-refractivity contribution < 1.29 is 13.2 Å². The van der Waals surface area contributed by atoms with E-state index in [0.29, 0.717) is 25.5 Å². The van der Waals surface area contributed by atoms with Gasteiger partial charge in [0.15, 0.2) is 9.84 Å². The van der Waals surface area contributed by atoms with Crippen molar-refractivity contribution in [1.82, 2.24) is 15.1 Å². The Bertz CT molecular complexity index is 608. The van der Waals surface area contributed by atoms with E-state index in [1.807, 2.05) is 18.5 Å². The van der Waals surface area contributed by atoms with Crippen molar-refractivity contribution in [2.24, 2.45) is 5.92 Å². The average molecular weight is 329 g/mol. The molecule has 1 unspecified atom stereocenters. The first-order valence-electron chi connectivity index (χ1n) is 7.95. The Labute approximate surface area is 133 Å². The van der Waals surface area contributed by atoms with E-state index < -0.39 is 9.84 Å². The lowest BCUT2D eigenvalue weighted by molar-refractivity contribution is 0.288. The largest absolute Gasteiger partial charge is 0.478 e. The Kier molecular flexibility index (Phi) is 5.50. The summed E-state index contributed by atoms with van der Waals surface area (Å²) in [6.45, 7) is 10.2. The lowest BCUT2D eigenvalue weighted by atomic mass is 10.2. The summed E-state index contributed by atoms with van der Waals surface area (Å²) in [5, 5.41) is 7.92. The predicted octanol–water partition coefficient (Wildman–Crippen LogP) is 1.52. The fraction of sp³-hybridized carbons (Fsp3) is 0.800. The second-order valence-electron chi connectivity index (χ2n) is 6.36. The van der Waals surface area contributed by atoms with E-state index in [-0.39, 0.29) is 17.5 Å². The van der Waals surface area contributed by atoms with Gasteiger partial charge < -0.3 is 10.1 Å². The molecule has 22 heavy (non-hydrogen) atoms. The molecule has 0 spiro atoms. The molecule has 2 heterocycles. The number of nitrogens with zero attached hydrogens (tertiary/aromatic N) is 2. The van der Waals surface area contributed by atoms with Gasteiger partial charge in [0, 0.05) is 19.1 Å². The van der Waals surface area contributed by atoms with Crippen LogP contribution >= 0.6 is 0 Å². The van der Waals surface area contributed by atoms with Gasteiger partial charge in [0.1, 0.15) is 0 Å². The first kappa shape index (κ1) is 17.3. The Balaban J connectivity index is 2.10. The number of aromatic nitrogens is 2. The second kappa shape index (κ2) is 7.00. The maximum absolute atomic E-state index is 11.5. The van der Waals surface area contributed by atoms with Crippen LogP contribution in [0.5, 0.6) is 5.88 Å². The molecule has 0 saturated carbocycles. The maximum Gasteiger partial charge on any atom is 0.216 e. The highest BCUT2D eigenvalue weighted by atomic mass is 32.2. The van der Waals surface area contributed by atoms with Gasteiger partial charge in [-0.1, -0.05) is 13.8 Å². The summed E-state index contributed by atoms with van der Waals surface area (Å²) in [5.41, 5.74) is 1.98. The Morgan fingerprint density at radius 3 is 2.73 bits per heavy atom. The molecule has 1 aromatic heterocycles. The summed E-state index contributed by atoms with van der Waals surface area (Å²) in [5.74, 6) is 1.81. The van der Waals surface area contributed by atoms with Crippen LogP contribution in [-0.2, 0) is 22.9 Å². The number of sulfone groups is 1. The fourth-order valence-electron chi connectivity index (χ4n) is 2.77. The van der Waals surface area contributed by atoms with Gasteiger partial charge >= 0.3 is 0 Å². The van der Waals surface area contributed by atoms with Gasteiger partial charge in [-0.3, -0.25) is 0 Å². The highest BCUT2D eigenvalue weighted by Gasteiger charge is 2.28. The third-order valence-corrected chi connectivity index (χ3v) is 5.59. The molecule has 1 aromatic rings. The van der Waals surface area contributed by atoms with Crippen molar-refractivity contribution in [3.05, 3.63) is 11.3 Å². The van der Waals surface area contributed by atoms with Gasteiger partial charge in [0.25, 0.3) is 0 Å². The van der Waals surface area contributed by atoms with Gasteiger partial charge in [0.2, 0.25) is 5.88 Å². The SMILES string of the molecule is CCOc1c(CNC2CCS(=O)(=O)C2)c(C)nn1CC(C)C. The molecular formula is C15H27N3O3S. The van der Waals surface area contributed by atoms with Crippen LogP contribution < -0.4 is 10.1 Å². The van der Waals surface area contributed by atoms with Crippen molar-refractivity contribution in [3.8, 4) is 5.88 Å². The van der Waals surface area contributed by atoms with Gasteiger partial charge in [-0.15, -0.1) is 0 Å². The predicted molar refractivity (Wildman–Crippen MR) is 86.9 cm³/mol. The monoisotopic (exact) mass is 329 g/mol. The van der Waals surface area contributed by atoms with Gasteiger partial charge in [-0.05, 0) is 26.2 Å². The Morgan fingerprint density at radius 2 is 2.18 bits per heavy atom. The molecule has 126 valence electrons. The topological polar surface area (TPSA) is 73.2 Å². The van der Waals surface area contributed by atoms with Crippen molar-refractivity contribution in [2.45, 2.75) is 53.2 Å². The van der Waals surface area contributed by atoms with Gasteiger partial charge in [-0.25, -0.2) is 13.1 Å². The highest BCUT2D eigenvalue weighted by Crippen LogP contribution is 2.24. The summed E-state index contributed by atoms with van der Waals surface area (Å²) in [4.78, 5) is 0. The summed E-state index contributed by atoms with van der Waals surface area (Å²) < 4.78 is 30.8. The van der Waals surface area contributed by atoms with Crippen molar-refractivity contribution >= 4 is 9.84 Å². The van der Waals surface area contributed by atoms with Crippen molar-refractivity contribution in [1.29, 1.82) is 0 Å². The fourth-order valence-corrected chi connectivity index (χ4v) is 4.48. The molecule has 1 aliphatic heterocycles. The van der Waals surface area contributed by atoms with Crippen LogP contribution in [0.15, 0.2) is 0 Å². The van der Waals surface area contributed by atoms with Crippen LogP contribution in [0.1, 0.15) is 38.4 Å². The molecule has 0 radical (unpaired) electrons. The summed E-state index contributed by atoms with van der Waals surface area (Å²) in [6, 6.07) is 0.0346. The quantitative estimate of drug-likeness (QED) is 0.821. The zero-order valence-electron chi connectivity index (χ0n) is 13.9. The minimum absolute atomic E-state index is 0.0346. The van der Waals surface area contributed by atoms with E-state index in [2.05, 4.69) is 24.3 Å². The number of rotatable bonds is 7. The smallest absolute Gasteiger partial charge is 0.216 e. The molecule has 6 nitrogen and oxygen atoms in total. The zero-order chi connectivity index (χ0) is 16.3. The Hall–Kier alpha value is -1.08. The summed E-state index contributed by atoms with van der Waals surface area (Å²) >= 11 is 0. The molecule has 1 fully saturated rings. The number of aryl methyl sites for hydroxylation is 1. The van der Waals surface area contributed by atoms with Crippen LogP contribution in [0.2, 0.25) is 0 Å². The minimum atomic E-state index is -2.86. The minimum Gasteiger partial charge on any atom is -0.478 e. The molecule has 0 amide bonds. The molecule has 1 saturated heterocycles. The standard InChI is InChI=1S/C15H27N3O3S/c1-5-21-15-14(12(4)17-18(15)9-11(2)3)8-16-13-6-7-22(19,20)10-13/h11,13,16H,5-10H2,1-4H3. The van der Waals surface area contributed by atoms with Crippen LogP contribution in [0.25, 0.3) is 0 Å². The third-order valence-electron chi connectivity index (χ3n) is 3.82. The van der Waals surface area contributed by atoms with E-state index in [4.69, 9.17) is 4.74 Å². The zero-order valence-corrected chi connectivity index (χ0v) is 14.7. The van der Waals surface area contributed by atoms with E-state index in [0.717, 1.165) is 23.7 Å². The number of nitrogens with one attached hydrogen (secondary N) is 1. The number of hydrogen-bond acceptors (Lipinski definition) is 5. The van der Waals surface area contributed by atoms with Crippen LogP contribution in [-0.4, -0.2) is 42.4 Å².